The second-order valence-electron chi connectivity index (χ2n) is 6.74. The van der Waals surface area contributed by atoms with Crippen LogP contribution in [0.3, 0.4) is 0 Å². The molecule has 2 aromatic carbocycles. The quantitative estimate of drug-likeness (QED) is 0.524. The Labute approximate surface area is 177 Å². The average molecular weight is 420 g/mol. The monoisotopic (exact) mass is 420 g/mol. The number of rotatable bonds is 5. The van der Waals surface area contributed by atoms with E-state index in [1.165, 1.54) is 18.4 Å². The van der Waals surface area contributed by atoms with Gasteiger partial charge in [0.1, 0.15) is 5.01 Å². The number of amides is 2. The van der Waals surface area contributed by atoms with Gasteiger partial charge in [-0.1, -0.05) is 18.2 Å². The Morgan fingerprint density at radius 2 is 2.00 bits per heavy atom. The molecule has 7 nitrogen and oxygen atoms in total. The van der Waals surface area contributed by atoms with Gasteiger partial charge in [-0.3, -0.25) is 4.99 Å². The molecule has 2 heterocycles. The maximum absolute atomic E-state index is 12.2. The second kappa shape index (κ2) is 8.00. The first-order chi connectivity index (χ1) is 14.5. The van der Waals surface area contributed by atoms with Crippen molar-refractivity contribution in [2.24, 2.45) is 4.99 Å². The molecule has 1 aliphatic heterocycles. The molecule has 0 saturated carbocycles. The fraction of sp³-hybridized carbons (Fsp3) is 0.136. The molecule has 30 heavy (non-hydrogen) atoms. The number of hydrogen-bond acceptors (Lipinski definition) is 6. The van der Waals surface area contributed by atoms with Crippen molar-refractivity contribution in [1.82, 2.24) is 15.6 Å². The molecule has 3 aromatic rings. The number of methoxy groups -OCH3 is 1. The number of aromatic hydroxyl groups is 1. The molecule has 0 bridgehead atoms. The van der Waals surface area contributed by atoms with Crippen LogP contribution in [0.25, 0.3) is 16.8 Å². The van der Waals surface area contributed by atoms with Crippen LogP contribution in [-0.4, -0.2) is 29.9 Å². The number of carbonyl (C=O) groups is 1. The molecule has 0 aliphatic carbocycles. The number of hydrogen-bond donors (Lipinski definition) is 3. The summed E-state index contributed by atoms with van der Waals surface area (Å²) in [5.41, 5.74) is 4.89. The lowest BCUT2D eigenvalue weighted by Crippen LogP contribution is -2.42. The van der Waals surface area contributed by atoms with E-state index in [0.717, 1.165) is 33.1 Å². The van der Waals surface area contributed by atoms with Crippen molar-refractivity contribution in [3.8, 4) is 22.8 Å². The van der Waals surface area contributed by atoms with Crippen molar-refractivity contribution in [1.29, 1.82) is 0 Å². The van der Waals surface area contributed by atoms with E-state index in [-0.39, 0.29) is 11.8 Å². The summed E-state index contributed by atoms with van der Waals surface area (Å²) < 4.78 is 5.13. The standard InChI is InChI=1S/C22H20N4O3S/c1-12-19(21-25-16(11-30-21)13-4-7-15(23-2)8-5-13)20(26-22(28)24-12)14-6-9-18(29-3)17(27)10-14/h4-11,20,27H,2H2,1,3H3,(H2,24,26,28). The Bertz CT molecular complexity index is 1150. The van der Waals surface area contributed by atoms with Gasteiger partial charge in [-0.2, -0.15) is 0 Å². The molecule has 3 N–H and O–H groups in total. The molecule has 2 amide bonds. The number of ether oxygens (including phenoxy) is 1. The molecular weight excluding hydrogens is 400 g/mol. The van der Waals surface area contributed by atoms with Gasteiger partial charge in [0.15, 0.2) is 11.5 Å². The molecule has 1 unspecified atom stereocenters. The summed E-state index contributed by atoms with van der Waals surface area (Å²) in [5, 5.41) is 18.7. The molecule has 0 saturated heterocycles. The highest BCUT2D eigenvalue weighted by molar-refractivity contribution is 7.11. The zero-order valence-corrected chi connectivity index (χ0v) is 17.3. The van der Waals surface area contributed by atoms with Crippen LogP contribution in [-0.2, 0) is 0 Å². The molecule has 0 radical (unpaired) electrons. The highest BCUT2D eigenvalue weighted by Gasteiger charge is 2.30. The van der Waals surface area contributed by atoms with Crippen LogP contribution in [0.1, 0.15) is 23.5 Å². The molecule has 1 aliphatic rings. The van der Waals surface area contributed by atoms with Gasteiger partial charge in [-0.05, 0) is 43.5 Å². The molecule has 1 aromatic heterocycles. The topological polar surface area (TPSA) is 95.8 Å². The van der Waals surface area contributed by atoms with E-state index in [4.69, 9.17) is 9.72 Å². The first kappa shape index (κ1) is 19.7. The van der Waals surface area contributed by atoms with Crippen LogP contribution < -0.4 is 15.4 Å². The maximum atomic E-state index is 12.2. The number of carbonyl (C=O) groups excluding carboxylic acids is 1. The molecule has 8 heteroatoms. The van der Waals surface area contributed by atoms with E-state index in [2.05, 4.69) is 22.3 Å². The van der Waals surface area contributed by atoms with Crippen molar-refractivity contribution in [3.05, 3.63) is 64.1 Å². The molecule has 0 fully saturated rings. The lowest BCUT2D eigenvalue weighted by Gasteiger charge is -2.28. The van der Waals surface area contributed by atoms with Crippen LogP contribution in [0.2, 0.25) is 0 Å². The fourth-order valence-electron chi connectivity index (χ4n) is 3.38. The number of benzene rings is 2. The van der Waals surface area contributed by atoms with E-state index in [0.29, 0.717) is 11.4 Å². The van der Waals surface area contributed by atoms with Crippen LogP contribution in [0.15, 0.2) is 58.5 Å². The Kier molecular flexibility index (Phi) is 5.24. The third kappa shape index (κ3) is 3.65. The fourth-order valence-corrected chi connectivity index (χ4v) is 4.34. The second-order valence-corrected chi connectivity index (χ2v) is 7.60. The van der Waals surface area contributed by atoms with Gasteiger partial charge in [0.05, 0.1) is 24.5 Å². The number of aromatic nitrogens is 1. The van der Waals surface area contributed by atoms with Crippen molar-refractivity contribution < 1.29 is 14.6 Å². The SMILES string of the molecule is C=Nc1ccc(-c2csc(C3=C(C)NC(=O)NC3c3ccc(OC)c(O)c3)n2)cc1. The van der Waals surface area contributed by atoms with E-state index >= 15 is 0 Å². The summed E-state index contributed by atoms with van der Waals surface area (Å²) in [6, 6.07) is 12.0. The van der Waals surface area contributed by atoms with Gasteiger partial charge in [0.25, 0.3) is 0 Å². The molecular formula is C22H20N4O3S. The summed E-state index contributed by atoms with van der Waals surface area (Å²) in [7, 11) is 1.49. The van der Waals surface area contributed by atoms with E-state index < -0.39 is 6.04 Å². The minimum absolute atomic E-state index is 0.00975. The molecule has 0 spiro atoms. The molecule has 4 rings (SSSR count). The Balaban J connectivity index is 1.74. The van der Waals surface area contributed by atoms with Crippen LogP contribution in [0.4, 0.5) is 10.5 Å². The largest absolute Gasteiger partial charge is 0.504 e. The van der Waals surface area contributed by atoms with Crippen molar-refractivity contribution in [3.63, 3.8) is 0 Å². The van der Waals surface area contributed by atoms with Gasteiger partial charge >= 0.3 is 6.03 Å². The third-order valence-electron chi connectivity index (χ3n) is 4.89. The van der Waals surface area contributed by atoms with Crippen molar-refractivity contribution in [2.45, 2.75) is 13.0 Å². The number of nitrogens with one attached hydrogen (secondary N) is 2. The third-order valence-corrected chi connectivity index (χ3v) is 5.76. The smallest absolute Gasteiger partial charge is 0.319 e. The van der Waals surface area contributed by atoms with E-state index in [1.807, 2.05) is 42.6 Å². The van der Waals surface area contributed by atoms with Gasteiger partial charge in [-0.15, -0.1) is 11.3 Å². The minimum Gasteiger partial charge on any atom is -0.504 e. The predicted molar refractivity (Wildman–Crippen MR) is 118 cm³/mol. The van der Waals surface area contributed by atoms with Crippen molar-refractivity contribution >= 4 is 35.3 Å². The van der Waals surface area contributed by atoms with Gasteiger partial charge < -0.3 is 20.5 Å². The summed E-state index contributed by atoms with van der Waals surface area (Å²) >= 11 is 1.49. The lowest BCUT2D eigenvalue weighted by molar-refractivity contribution is 0.240. The van der Waals surface area contributed by atoms with Crippen LogP contribution in [0, 0.1) is 0 Å². The highest BCUT2D eigenvalue weighted by Crippen LogP contribution is 2.39. The normalized spacial score (nSPS) is 16.1. The van der Waals surface area contributed by atoms with E-state index in [9.17, 15) is 9.90 Å². The Morgan fingerprint density at radius 1 is 1.23 bits per heavy atom. The number of phenolic OH excluding ortho intramolecular Hbond substituents is 1. The number of nitrogens with zero attached hydrogens (tertiary/aromatic N) is 2. The number of thiazole rings is 1. The molecule has 152 valence electrons. The summed E-state index contributed by atoms with van der Waals surface area (Å²) in [6.45, 7) is 5.37. The van der Waals surface area contributed by atoms with E-state index in [1.54, 1.807) is 12.1 Å². The van der Waals surface area contributed by atoms with Crippen LogP contribution in [0.5, 0.6) is 11.5 Å². The lowest BCUT2D eigenvalue weighted by atomic mass is 9.95. The average Bonchev–Trinajstić information content (AvgIpc) is 3.22. The summed E-state index contributed by atoms with van der Waals surface area (Å²) in [4.78, 5) is 20.9. The number of aliphatic imine (C=N–C) groups is 1. The number of allylic oxidation sites excluding steroid dienone is 1. The summed E-state index contributed by atoms with van der Waals surface area (Å²) in [6.07, 6.45) is 0. The number of urea groups is 1. The number of phenols is 1. The van der Waals surface area contributed by atoms with Gasteiger partial charge in [0.2, 0.25) is 0 Å². The first-order valence-corrected chi connectivity index (χ1v) is 10.1. The van der Waals surface area contributed by atoms with Crippen LogP contribution >= 0.6 is 11.3 Å². The van der Waals surface area contributed by atoms with Gasteiger partial charge in [0, 0.05) is 22.2 Å². The van der Waals surface area contributed by atoms with Crippen molar-refractivity contribution in [2.75, 3.05) is 7.11 Å². The predicted octanol–water partition coefficient (Wildman–Crippen LogP) is 4.64. The maximum Gasteiger partial charge on any atom is 0.319 e. The highest BCUT2D eigenvalue weighted by atomic mass is 32.1. The summed E-state index contributed by atoms with van der Waals surface area (Å²) in [5.74, 6) is 0.380. The Hall–Kier alpha value is -3.65. The first-order valence-electron chi connectivity index (χ1n) is 9.18. The molecule has 1 atom stereocenters. The zero-order chi connectivity index (χ0) is 21.3. The zero-order valence-electron chi connectivity index (χ0n) is 16.5. The Morgan fingerprint density at radius 3 is 2.67 bits per heavy atom. The minimum atomic E-state index is -0.457. The van der Waals surface area contributed by atoms with Gasteiger partial charge in [-0.25, -0.2) is 9.78 Å².